The van der Waals surface area contributed by atoms with Crippen molar-refractivity contribution in [2.75, 3.05) is 13.6 Å². The predicted octanol–water partition coefficient (Wildman–Crippen LogP) is 3.09. The Balaban J connectivity index is 1.95. The van der Waals surface area contributed by atoms with E-state index in [0.717, 1.165) is 18.7 Å². The van der Waals surface area contributed by atoms with Crippen molar-refractivity contribution in [1.82, 2.24) is 4.90 Å². The Labute approximate surface area is 110 Å². The normalized spacial score (nSPS) is 23.2. The first kappa shape index (κ1) is 12.7. The lowest BCUT2D eigenvalue weighted by atomic mass is 9.85. The van der Waals surface area contributed by atoms with Crippen LogP contribution in [0.1, 0.15) is 35.9 Å². The van der Waals surface area contributed by atoms with Crippen LogP contribution in [0.2, 0.25) is 0 Å². The van der Waals surface area contributed by atoms with Crippen molar-refractivity contribution < 1.29 is 9.21 Å². The first-order valence-electron chi connectivity index (χ1n) is 6.07. The molecule has 1 aromatic heterocycles. The molecule has 0 spiro atoms. The van der Waals surface area contributed by atoms with Gasteiger partial charge in [-0.15, -0.1) is 0 Å². The van der Waals surface area contributed by atoms with Gasteiger partial charge in [0.1, 0.15) is 5.76 Å². The number of nitrogens with zero attached hydrogens (tertiary/aromatic N) is 1. The molecule has 0 aromatic carbocycles. The van der Waals surface area contributed by atoms with Crippen LogP contribution >= 0.6 is 15.9 Å². The lowest BCUT2D eigenvalue weighted by Crippen LogP contribution is -2.37. The highest BCUT2D eigenvalue weighted by Crippen LogP contribution is 2.33. The summed E-state index contributed by atoms with van der Waals surface area (Å²) in [6.07, 6.45) is 4.69. The number of hydrogen-bond acceptors (Lipinski definition) is 2. The zero-order chi connectivity index (χ0) is 12.4. The molecule has 1 aliphatic rings. The summed E-state index contributed by atoms with van der Waals surface area (Å²) in [5.41, 5.74) is 0.713. The zero-order valence-corrected chi connectivity index (χ0v) is 11.9. The average Bonchev–Trinajstić information content (AvgIpc) is 2.73. The Kier molecular flexibility index (Phi) is 3.92. The van der Waals surface area contributed by atoms with E-state index in [1.165, 1.54) is 12.8 Å². The molecule has 0 bridgehead atoms. The van der Waals surface area contributed by atoms with Gasteiger partial charge in [-0.2, -0.15) is 0 Å². The van der Waals surface area contributed by atoms with Gasteiger partial charge in [-0.25, -0.2) is 0 Å². The number of alkyl halides is 1. The number of aryl methyl sites for hydroxylation is 1. The van der Waals surface area contributed by atoms with Gasteiger partial charge in [0.05, 0.1) is 11.8 Å². The quantitative estimate of drug-likeness (QED) is 0.801. The molecule has 4 heteroatoms. The predicted molar refractivity (Wildman–Crippen MR) is 70.5 cm³/mol. The van der Waals surface area contributed by atoms with E-state index in [2.05, 4.69) is 15.9 Å². The molecular formula is C13H18BrNO2. The number of hydrogen-bond donors (Lipinski definition) is 0. The van der Waals surface area contributed by atoms with Crippen LogP contribution in [0.25, 0.3) is 0 Å². The Morgan fingerprint density at radius 2 is 2.29 bits per heavy atom. The van der Waals surface area contributed by atoms with E-state index in [1.54, 1.807) is 12.3 Å². The highest BCUT2D eigenvalue weighted by atomic mass is 79.9. The fourth-order valence-electron chi connectivity index (χ4n) is 2.28. The third-order valence-electron chi connectivity index (χ3n) is 3.35. The molecule has 1 aliphatic carbocycles. The number of carbonyl (C=O) groups is 1. The van der Waals surface area contributed by atoms with Crippen LogP contribution in [-0.4, -0.2) is 29.2 Å². The third kappa shape index (κ3) is 2.73. The van der Waals surface area contributed by atoms with Gasteiger partial charge in [-0.1, -0.05) is 22.9 Å². The summed E-state index contributed by atoms with van der Waals surface area (Å²) in [7, 11) is 1.87. The van der Waals surface area contributed by atoms with Crippen molar-refractivity contribution in [2.45, 2.75) is 31.0 Å². The van der Waals surface area contributed by atoms with E-state index >= 15 is 0 Å². The summed E-state index contributed by atoms with van der Waals surface area (Å²) in [6, 6.07) is 1.77. The van der Waals surface area contributed by atoms with Crippen molar-refractivity contribution >= 4 is 21.8 Å². The molecule has 0 atom stereocenters. The van der Waals surface area contributed by atoms with Crippen molar-refractivity contribution in [1.29, 1.82) is 0 Å². The molecule has 1 saturated carbocycles. The van der Waals surface area contributed by atoms with Crippen LogP contribution in [0.4, 0.5) is 0 Å². The van der Waals surface area contributed by atoms with Gasteiger partial charge in [0.15, 0.2) is 0 Å². The number of rotatable bonds is 4. The number of carbonyl (C=O) groups excluding carboxylic acids is 1. The lowest BCUT2D eigenvalue weighted by molar-refractivity contribution is 0.0746. The van der Waals surface area contributed by atoms with Crippen molar-refractivity contribution in [3.8, 4) is 0 Å². The second kappa shape index (κ2) is 5.25. The maximum atomic E-state index is 12.2. The molecule has 17 heavy (non-hydrogen) atoms. The average molecular weight is 300 g/mol. The van der Waals surface area contributed by atoms with Gasteiger partial charge >= 0.3 is 0 Å². The number of furan rings is 1. The fraction of sp³-hybridized carbons (Fsp3) is 0.615. The highest BCUT2D eigenvalue weighted by Gasteiger charge is 2.29. The third-order valence-corrected chi connectivity index (χ3v) is 4.10. The molecule has 0 unspecified atom stereocenters. The van der Waals surface area contributed by atoms with Crippen LogP contribution < -0.4 is 0 Å². The van der Waals surface area contributed by atoms with E-state index in [4.69, 9.17) is 4.42 Å². The van der Waals surface area contributed by atoms with Gasteiger partial charge in [-0.05, 0) is 24.8 Å². The summed E-state index contributed by atoms with van der Waals surface area (Å²) in [5, 5.41) is 0. The molecule has 3 nitrogen and oxygen atoms in total. The maximum Gasteiger partial charge on any atom is 0.257 e. The molecule has 0 N–H and O–H groups in total. The lowest BCUT2D eigenvalue weighted by Gasteiger charge is -2.34. The van der Waals surface area contributed by atoms with Crippen molar-refractivity contribution in [3.63, 3.8) is 0 Å². The molecule has 94 valence electrons. The second-order valence-corrected chi connectivity index (χ2v) is 6.03. The van der Waals surface area contributed by atoms with Crippen LogP contribution in [-0.2, 0) is 6.42 Å². The van der Waals surface area contributed by atoms with Gasteiger partial charge in [0.25, 0.3) is 5.91 Å². The second-order valence-electron chi connectivity index (χ2n) is 4.73. The smallest absolute Gasteiger partial charge is 0.257 e. The van der Waals surface area contributed by atoms with Gasteiger partial charge < -0.3 is 9.32 Å². The fourth-order valence-corrected chi connectivity index (χ4v) is 3.34. The largest absolute Gasteiger partial charge is 0.469 e. The Hall–Kier alpha value is -0.770. The maximum absolute atomic E-state index is 12.2. The van der Waals surface area contributed by atoms with Crippen molar-refractivity contribution in [3.05, 3.63) is 23.7 Å². The molecule has 0 aliphatic heterocycles. The number of amides is 1. The van der Waals surface area contributed by atoms with E-state index in [1.807, 2.05) is 18.9 Å². The Bertz CT molecular complexity index is 396. The van der Waals surface area contributed by atoms with Crippen LogP contribution in [0.15, 0.2) is 16.7 Å². The Morgan fingerprint density at radius 3 is 2.88 bits per heavy atom. The standard InChI is InChI=1S/C13H18BrNO2/c1-3-12-11(4-5-17-12)13(16)15(2)8-9-6-10(14)7-9/h4-5,9-10H,3,6-8H2,1-2H3. The van der Waals surface area contributed by atoms with Gasteiger partial charge in [0.2, 0.25) is 0 Å². The van der Waals surface area contributed by atoms with E-state index in [0.29, 0.717) is 16.3 Å². The van der Waals surface area contributed by atoms with E-state index < -0.39 is 0 Å². The first-order chi connectivity index (χ1) is 8.11. The minimum Gasteiger partial charge on any atom is -0.469 e. The molecule has 0 radical (unpaired) electrons. The minimum atomic E-state index is 0.0774. The van der Waals surface area contributed by atoms with Crippen LogP contribution in [0.5, 0.6) is 0 Å². The summed E-state index contributed by atoms with van der Waals surface area (Å²) < 4.78 is 5.29. The molecular weight excluding hydrogens is 282 g/mol. The highest BCUT2D eigenvalue weighted by molar-refractivity contribution is 9.09. The molecule has 1 amide bonds. The van der Waals surface area contributed by atoms with Gasteiger partial charge in [-0.3, -0.25) is 4.79 Å². The monoisotopic (exact) mass is 299 g/mol. The summed E-state index contributed by atoms with van der Waals surface area (Å²) >= 11 is 3.57. The molecule has 1 fully saturated rings. The van der Waals surface area contributed by atoms with Gasteiger partial charge in [0, 0.05) is 24.8 Å². The first-order valence-corrected chi connectivity index (χ1v) is 6.99. The number of halogens is 1. The molecule has 1 heterocycles. The summed E-state index contributed by atoms with van der Waals surface area (Å²) in [6.45, 7) is 2.84. The van der Waals surface area contributed by atoms with E-state index in [-0.39, 0.29) is 5.91 Å². The van der Waals surface area contributed by atoms with Crippen LogP contribution in [0.3, 0.4) is 0 Å². The summed E-state index contributed by atoms with van der Waals surface area (Å²) in [5.74, 6) is 1.51. The van der Waals surface area contributed by atoms with E-state index in [9.17, 15) is 4.79 Å². The topological polar surface area (TPSA) is 33.5 Å². The molecule has 2 rings (SSSR count). The SMILES string of the molecule is CCc1occc1C(=O)N(C)CC1CC(Br)C1. The Morgan fingerprint density at radius 1 is 1.59 bits per heavy atom. The van der Waals surface area contributed by atoms with Crippen molar-refractivity contribution in [2.24, 2.45) is 5.92 Å². The molecule has 0 saturated heterocycles. The minimum absolute atomic E-state index is 0.0774. The van der Waals surface area contributed by atoms with Crippen LogP contribution in [0, 0.1) is 5.92 Å². The summed E-state index contributed by atoms with van der Waals surface area (Å²) in [4.78, 5) is 14.7. The molecule has 1 aromatic rings. The zero-order valence-electron chi connectivity index (χ0n) is 10.3.